The van der Waals surface area contributed by atoms with Gasteiger partial charge in [-0.1, -0.05) is 6.92 Å². The molecule has 3 heteroatoms. The number of rotatable bonds is 5. The second kappa shape index (κ2) is 4.37. The molecule has 2 saturated carbocycles. The molecule has 2 aliphatic rings. The van der Waals surface area contributed by atoms with Crippen molar-refractivity contribution in [2.45, 2.75) is 52.5 Å². The van der Waals surface area contributed by atoms with Crippen LogP contribution in [0.25, 0.3) is 0 Å². The van der Waals surface area contributed by atoms with Crippen molar-refractivity contribution in [3.63, 3.8) is 0 Å². The lowest BCUT2D eigenvalue weighted by Gasteiger charge is -2.28. The largest absolute Gasteiger partial charge is 0.396 e. The lowest BCUT2D eigenvalue weighted by atomic mass is 9.79. The predicted octanol–water partition coefficient (Wildman–Crippen LogP) is 2.42. The number of aromatic nitrogens is 2. The second-order valence-corrected chi connectivity index (χ2v) is 6.30. The minimum Gasteiger partial charge on any atom is -0.396 e. The molecule has 18 heavy (non-hydrogen) atoms. The quantitative estimate of drug-likeness (QED) is 0.869. The third-order valence-electron chi connectivity index (χ3n) is 4.93. The first kappa shape index (κ1) is 12.2. The van der Waals surface area contributed by atoms with E-state index in [2.05, 4.69) is 29.7 Å². The number of nitrogens with zero attached hydrogens (tertiary/aromatic N) is 2. The van der Waals surface area contributed by atoms with E-state index in [1.807, 2.05) is 0 Å². The summed E-state index contributed by atoms with van der Waals surface area (Å²) in [4.78, 5) is 0. The maximum absolute atomic E-state index is 9.81. The fourth-order valence-electron chi connectivity index (χ4n) is 3.82. The molecule has 2 unspecified atom stereocenters. The van der Waals surface area contributed by atoms with E-state index in [9.17, 15) is 5.11 Å². The van der Waals surface area contributed by atoms with Crippen LogP contribution in [-0.2, 0) is 19.4 Å². The third-order valence-corrected chi connectivity index (χ3v) is 4.93. The molecule has 100 valence electrons. The molecule has 0 aromatic carbocycles. The summed E-state index contributed by atoms with van der Waals surface area (Å²) < 4.78 is 2.13. The molecule has 2 fully saturated rings. The Labute approximate surface area is 109 Å². The average Bonchev–Trinajstić information content (AvgIpc) is 2.86. The lowest BCUT2D eigenvalue weighted by Crippen LogP contribution is -2.27. The van der Waals surface area contributed by atoms with E-state index in [-0.39, 0.29) is 5.41 Å². The summed E-state index contributed by atoms with van der Waals surface area (Å²) in [5, 5.41) is 14.4. The van der Waals surface area contributed by atoms with Gasteiger partial charge in [0.15, 0.2) is 0 Å². The van der Waals surface area contributed by atoms with E-state index in [1.165, 1.54) is 30.7 Å². The average molecular weight is 248 g/mol. The Hall–Kier alpha value is -0.830. The Morgan fingerprint density at radius 1 is 1.39 bits per heavy atom. The molecule has 2 aliphatic carbocycles. The molecule has 1 N–H and O–H groups in total. The molecule has 0 amide bonds. The van der Waals surface area contributed by atoms with Gasteiger partial charge in [-0.3, -0.25) is 4.68 Å². The summed E-state index contributed by atoms with van der Waals surface area (Å²) in [6, 6.07) is 2.24. The van der Waals surface area contributed by atoms with Gasteiger partial charge in [-0.25, -0.2) is 0 Å². The molecular formula is C15H24N2O. The Morgan fingerprint density at radius 3 is 2.67 bits per heavy atom. The van der Waals surface area contributed by atoms with Crippen molar-refractivity contribution < 1.29 is 5.11 Å². The molecular weight excluding hydrogens is 224 g/mol. The van der Waals surface area contributed by atoms with Crippen molar-refractivity contribution in [3.05, 3.63) is 17.5 Å². The molecule has 0 bridgehead atoms. The third kappa shape index (κ3) is 1.99. The van der Waals surface area contributed by atoms with Gasteiger partial charge in [0.1, 0.15) is 0 Å². The van der Waals surface area contributed by atoms with Crippen LogP contribution in [0.4, 0.5) is 0 Å². The molecule has 0 spiro atoms. The van der Waals surface area contributed by atoms with Crippen molar-refractivity contribution in [2.24, 2.45) is 17.3 Å². The van der Waals surface area contributed by atoms with Gasteiger partial charge in [0.25, 0.3) is 0 Å². The molecule has 0 radical (unpaired) electrons. The van der Waals surface area contributed by atoms with Crippen LogP contribution in [0.5, 0.6) is 0 Å². The van der Waals surface area contributed by atoms with E-state index < -0.39 is 0 Å². The molecule has 3 nitrogen and oxygen atoms in total. The van der Waals surface area contributed by atoms with Crippen LogP contribution >= 0.6 is 0 Å². The molecule has 1 aromatic rings. The van der Waals surface area contributed by atoms with Crippen LogP contribution in [-0.4, -0.2) is 21.5 Å². The van der Waals surface area contributed by atoms with Crippen molar-refractivity contribution in [1.82, 2.24) is 9.78 Å². The van der Waals surface area contributed by atoms with Gasteiger partial charge >= 0.3 is 0 Å². The monoisotopic (exact) mass is 248 g/mol. The fraction of sp³-hybridized carbons (Fsp3) is 0.800. The van der Waals surface area contributed by atoms with E-state index in [4.69, 9.17) is 0 Å². The van der Waals surface area contributed by atoms with Crippen LogP contribution < -0.4 is 0 Å². The highest BCUT2D eigenvalue weighted by molar-refractivity contribution is 5.15. The van der Waals surface area contributed by atoms with Gasteiger partial charge in [-0.05, 0) is 62.3 Å². The minimum atomic E-state index is 0.158. The number of fused-ring (bicyclic) bond motifs is 1. The number of aliphatic hydroxyl groups is 1. The first-order valence-electron chi connectivity index (χ1n) is 7.36. The van der Waals surface area contributed by atoms with E-state index >= 15 is 0 Å². The van der Waals surface area contributed by atoms with Gasteiger partial charge in [0, 0.05) is 18.8 Å². The molecule has 3 rings (SSSR count). The molecule has 1 aromatic heterocycles. The fourth-order valence-corrected chi connectivity index (χ4v) is 3.82. The number of hydrogen-bond donors (Lipinski definition) is 1. The number of hydrogen-bond acceptors (Lipinski definition) is 2. The van der Waals surface area contributed by atoms with Crippen molar-refractivity contribution >= 4 is 0 Å². The minimum absolute atomic E-state index is 0.158. The molecule has 0 saturated heterocycles. The van der Waals surface area contributed by atoms with Gasteiger partial charge in [0.2, 0.25) is 0 Å². The van der Waals surface area contributed by atoms with Crippen molar-refractivity contribution in [3.8, 4) is 0 Å². The second-order valence-electron chi connectivity index (χ2n) is 6.30. The first-order chi connectivity index (χ1) is 8.69. The van der Waals surface area contributed by atoms with Gasteiger partial charge in [-0.15, -0.1) is 0 Å². The summed E-state index contributed by atoms with van der Waals surface area (Å²) in [6.45, 7) is 5.58. The summed E-state index contributed by atoms with van der Waals surface area (Å²) >= 11 is 0. The first-order valence-corrected chi connectivity index (χ1v) is 7.36. The summed E-state index contributed by atoms with van der Waals surface area (Å²) in [6.07, 6.45) is 5.87. The SMILES string of the molecule is CCc1cc(CC2(CO)CC3CC3C2)n(CC)n1. The van der Waals surface area contributed by atoms with Gasteiger partial charge in [0.05, 0.1) is 5.69 Å². The highest BCUT2D eigenvalue weighted by Gasteiger charge is 2.53. The summed E-state index contributed by atoms with van der Waals surface area (Å²) in [5.41, 5.74) is 2.67. The van der Waals surface area contributed by atoms with Crippen LogP contribution in [0.1, 0.15) is 44.5 Å². The Kier molecular flexibility index (Phi) is 2.97. The predicted molar refractivity (Wildman–Crippen MR) is 71.3 cm³/mol. The topological polar surface area (TPSA) is 38.0 Å². The maximum atomic E-state index is 9.81. The number of aliphatic hydroxyl groups excluding tert-OH is 1. The van der Waals surface area contributed by atoms with E-state index in [1.54, 1.807) is 0 Å². The zero-order valence-corrected chi connectivity index (χ0v) is 11.5. The molecule has 2 atom stereocenters. The Bertz CT molecular complexity index is 428. The highest BCUT2D eigenvalue weighted by Crippen LogP contribution is 2.60. The Balaban J connectivity index is 1.80. The molecule has 1 heterocycles. The highest BCUT2D eigenvalue weighted by atomic mass is 16.3. The lowest BCUT2D eigenvalue weighted by molar-refractivity contribution is 0.114. The summed E-state index contributed by atoms with van der Waals surface area (Å²) in [7, 11) is 0. The zero-order valence-electron chi connectivity index (χ0n) is 11.5. The summed E-state index contributed by atoms with van der Waals surface area (Å²) in [5.74, 6) is 1.83. The van der Waals surface area contributed by atoms with Crippen LogP contribution in [0.15, 0.2) is 6.07 Å². The van der Waals surface area contributed by atoms with Crippen LogP contribution in [0.2, 0.25) is 0 Å². The van der Waals surface area contributed by atoms with Crippen molar-refractivity contribution in [1.29, 1.82) is 0 Å². The van der Waals surface area contributed by atoms with E-state index in [0.29, 0.717) is 6.61 Å². The van der Waals surface area contributed by atoms with E-state index in [0.717, 1.165) is 31.2 Å². The maximum Gasteiger partial charge on any atom is 0.0624 e. The van der Waals surface area contributed by atoms with Gasteiger partial charge < -0.3 is 5.11 Å². The molecule has 0 aliphatic heterocycles. The number of aryl methyl sites for hydroxylation is 2. The van der Waals surface area contributed by atoms with Crippen LogP contribution in [0.3, 0.4) is 0 Å². The zero-order chi connectivity index (χ0) is 12.8. The standard InChI is InChI=1S/C15H24N2O/c1-3-13-6-14(17(4-2)16-13)9-15(10-18)7-11-5-12(11)8-15/h6,11-12,18H,3-5,7-10H2,1-2H3. The normalized spacial score (nSPS) is 33.7. The van der Waals surface area contributed by atoms with Crippen LogP contribution in [0, 0.1) is 17.3 Å². The smallest absolute Gasteiger partial charge is 0.0624 e. The van der Waals surface area contributed by atoms with Crippen molar-refractivity contribution in [2.75, 3.05) is 6.61 Å². The van der Waals surface area contributed by atoms with Gasteiger partial charge in [-0.2, -0.15) is 5.10 Å². The Morgan fingerprint density at radius 2 is 2.11 bits per heavy atom.